The average molecular weight is 323 g/mol. The van der Waals surface area contributed by atoms with Crippen molar-refractivity contribution in [1.82, 2.24) is 4.90 Å². The molecule has 2 rings (SSSR count). The summed E-state index contributed by atoms with van der Waals surface area (Å²) < 4.78 is 11.0. The van der Waals surface area contributed by atoms with Crippen molar-refractivity contribution in [3.63, 3.8) is 0 Å². The van der Waals surface area contributed by atoms with Crippen LogP contribution in [0.15, 0.2) is 16.7 Å². The second-order valence-electron chi connectivity index (χ2n) is 6.71. The lowest BCUT2D eigenvalue weighted by molar-refractivity contribution is -0.140. The van der Waals surface area contributed by atoms with E-state index in [1.807, 2.05) is 0 Å². The Morgan fingerprint density at radius 1 is 1.48 bits per heavy atom. The van der Waals surface area contributed by atoms with Crippen LogP contribution in [0.2, 0.25) is 0 Å². The molecule has 1 fully saturated rings. The molecule has 1 saturated carbocycles. The molecule has 1 aromatic heterocycles. The van der Waals surface area contributed by atoms with E-state index in [-0.39, 0.29) is 34.8 Å². The zero-order valence-electron chi connectivity index (χ0n) is 14.2. The first-order valence-electron chi connectivity index (χ1n) is 7.99. The fourth-order valence-corrected chi connectivity index (χ4v) is 3.05. The first-order chi connectivity index (χ1) is 10.8. The van der Waals surface area contributed by atoms with Crippen molar-refractivity contribution in [2.24, 2.45) is 5.41 Å². The molecular weight excluding hydrogens is 298 g/mol. The molecular formula is C17H25NO5. The van der Waals surface area contributed by atoms with Crippen LogP contribution in [0, 0.1) is 5.41 Å². The molecule has 0 bridgehead atoms. The van der Waals surface area contributed by atoms with Gasteiger partial charge in [0.1, 0.15) is 6.26 Å². The van der Waals surface area contributed by atoms with E-state index in [2.05, 4.69) is 20.8 Å². The third-order valence-electron chi connectivity index (χ3n) is 4.79. The highest BCUT2D eigenvalue weighted by atomic mass is 16.5. The van der Waals surface area contributed by atoms with Crippen LogP contribution in [0.4, 0.5) is 0 Å². The van der Waals surface area contributed by atoms with Crippen LogP contribution in [0.3, 0.4) is 0 Å². The molecule has 1 aromatic rings. The van der Waals surface area contributed by atoms with Gasteiger partial charge in [0.2, 0.25) is 0 Å². The number of ether oxygens (including phenoxy) is 1. The van der Waals surface area contributed by atoms with E-state index in [9.17, 15) is 9.59 Å². The van der Waals surface area contributed by atoms with Gasteiger partial charge in [-0.3, -0.25) is 4.79 Å². The molecule has 1 aliphatic carbocycles. The maximum atomic E-state index is 12.5. The number of furan rings is 1. The largest absolute Gasteiger partial charge is 0.478 e. The second-order valence-corrected chi connectivity index (χ2v) is 6.71. The molecule has 1 amide bonds. The maximum Gasteiger partial charge on any atom is 0.338 e. The van der Waals surface area contributed by atoms with Gasteiger partial charge in [0.25, 0.3) is 5.91 Å². The lowest BCUT2D eigenvalue weighted by Gasteiger charge is -2.54. The molecule has 2 unspecified atom stereocenters. The summed E-state index contributed by atoms with van der Waals surface area (Å²) in [6.07, 6.45) is 4.15. The molecule has 6 heteroatoms. The standard InChI is InChI=1S/C17H25NO5/c1-5-6-7-22-14-9-13(17(14,2)3)18(4)15(19)12-8-11(10-23-12)16(20)21/h8,10,13-14H,5-7,9H2,1-4H3,(H,20,21). The summed E-state index contributed by atoms with van der Waals surface area (Å²) in [4.78, 5) is 25.0. The van der Waals surface area contributed by atoms with E-state index >= 15 is 0 Å². The Bertz CT molecular complexity index is 577. The monoisotopic (exact) mass is 323 g/mol. The molecule has 1 N–H and O–H groups in total. The summed E-state index contributed by atoms with van der Waals surface area (Å²) in [6.45, 7) is 7.05. The highest BCUT2D eigenvalue weighted by Gasteiger charge is 2.52. The van der Waals surface area contributed by atoms with Gasteiger partial charge in [-0.25, -0.2) is 4.79 Å². The Balaban J connectivity index is 1.99. The summed E-state index contributed by atoms with van der Waals surface area (Å²) in [5, 5.41) is 8.90. The number of nitrogens with zero attached hydrogens (tertiary/aromatic N) is 1. The van der Waals surface area contributed by atoms with Crippen LogP contribution < -0.4 is 0 Å². The Morgan fingerprint density at radius 3 is 2.70 bits per heavy atom. The molecule has 128 valence electrons. The first kappa shape index (κ1) is 17.5. The third kappa shape index (κ3) is 3.42. The average Bonchev–Trinajstić information content (AvgIpc) is 2.99. The fourth-order valence-electron chi connectivity index (χ4n) is 3.05. The summed E-state index contributed by atoms with van der Waals surface area (Å²) in [5.74, 6) is -1.36. The number of aromatic carboxylic acids is 1. The first-order valence-corrected chi connectivity index (χ1v) is 7.99. The van der Waals surface area contributed by atoms with Gasteiger partial charge < -0.3 is 19.2 Å². The number of carbonyl (C=O) groups excluding carboxylic acids is 1. The van der Waals surface area contributed by atoms with Crippen molar-refractivity contribution in [2.45, 2.75) is 52.2 Å². The second kappa shape index (κ2) is 6.74. The summed E-state index contributed by atoms with van der Waals surface area (Å²) >= 11 is 0. The van der Waals surface area contributed by atoms with Crippen LogP contribution in [-0.2, 0) is 4.74 Å². The van der Waals surface area contributed by atoms with Crippen molar-refractivity contribution in [2.75, 3.05) is 13.7 Å². The van der Waals surface area contributed by atoms with Crippen molar-refractivity contribution in [3.8, 4) is 0 Å². The van der Waals surface area contributed by atoms with Crippen molar-refractivity contribution < 1.29 is 23.8 Å². The van der Waals surface area contributed by atoms with Crippen molar-refractivity contribution >= 4 is 11.9 Å². The number of rotatable bonds is 7. The number of carboxylic acid groups (broad SMARTS) is 1. The minimum atomic E-state index is -1.11. The molecule has 2 atom stereocenters. The minimum Gasteiger partial charge on any atom is -0.478 e. The quantitative estimate of drug-likeness (QED) is 0.780. The molecule has 0 aliphatic heterocycles. The molecule has 0 saturated heterocycles. The van der Waals surface area contributed by atoms with Gasteiger partial charge in [0.15, 0.2) is 5.76 Å². The summed E-state index contributed by atoms with van der Waals surface area (Å²) in [7, 11) is 1.72. The van der Waals surface area contributed by atoms with Crippen LogP contribution in [0.1, 0.15) is 60.9 Å². The summed E-state index contributed by atoms with van der Waals surface area (Å²) in [6, 6.07) is 1.31. The number of carbonyl (C=O) groups is 2. The molecule has 0 aromatic carbocycles. The molecule has 0 spiro atoms. The van der Waals surface area contributed by atoms with Crippen molar-refractivity contribution in [3.05, 3.63) is 23.7 Å². The number of amides is 1. The number of hydrogen-bond acceptors (Lipinski definition) is 4. The van der Waals surface area contributed by atoms with Crippen LogP contribution in [0.25, 0.3) is 0 Å². The number of hydrogen-bond donors (Lipinski definition) is 1. The van der Waals surface area contributed by atoms with Gasteiger partial charge >= 0.3 is 5.97 Å². The van der Waals surface area contributed by atoms with Crippen molar-refractivity contribution in [1.29, 1.82) is 0 Å². The zero-order valence-corrected chi connectivity index (χ0v) is 14.2. The highest BCUT2D eigenvalue weighted by molar-refractivity contribution is 5.95. The lowest BCUT2D eigenvalue weighted by Crippen LogP contribution is -2.62. The Hall–Kier alpha value is -1.82. The van der Waals surface area contributed by atoms with E-state index in [0.717, 1.165) is 32.1 Å². The minimum absolute atomic E-state index is 0.0182. The van der Waals surface area contributed by atoms with E-state index < -0.39 is 5.97 Å². The molecule has 0 radical (unpaired) electrons. The normalized spacial score (nSPS) is 22.4. The van der Waals surface area contributed by atoms with Gasteiger partial charge in [0.05, 0.1) is 11.7 Å². The Labute approximate surface area is 136 Å². The third-order valence-corrected chi connectivity index (χ3v) is 4.79. The van der Waals surface area contributed by atoms with E-state index in [4.69, 9.17) is 14.3 Å². The van der Waals surface area contributed by atoms with Crippen LogP contribution >= 0.6 is 0 Å². The van der Waals surface area contributed by atoms with Gasteiger partial charge in [0, 0.05) is 31.2 Å². The highest BCUT2D eigenvalue weighted by Crippen LogP contribution is 2.45. The van der Waals surface area contributed by atoms with Gasteiger partial charge in [-0.2, -0.15) is 0 Å². The molecule has 1 heterocycles. The molecule has 6 nitrogen and oxygen atoms in total. The zero-order chi connectivity index (χ0) is 17.2. The fraction of sp³-hybridized carbons (Fsp3) is 0.647. The Morgan fingerprint density at radius 2 is 2.17 bits per heavy atom. The smallest absolute Gasteiger partial charge is 0.338 e. The van der Waals surface area contributed by atoms with Gasteiger partial charge in [-0.15, -0.1) is 0 Å². The van der Waals surface area contributed by atoms with E-state index in [1.165, 1.54) is 6.07 Å². The maximum absolute atomic E-state index is 12.5. The topological polar surface area (TPSA) is 80.0 Å². The Kier molecular flexibility index (Phi) is 5.14. The summed E-state index contributed by atoms with van der Waals surface area (Å²) in [5.41, 5.74) is -0.157. The molecule has 23 heavy (non-hydrogen) atoms. The lowest BCUT2D eigenvalue weighted by atomic mass is 9.63. The predicted octanol–water partition coefficient (Wildman–Crippen LogP) is 3.03. The van der Waals surface area contributed by atoms with Crippen LogP contribution in [-0.4, -0.2) is 47.7 Å². The van der Waals surface area contributed by atoms with Gasteiger partial charge in [-0.05, 0) is 12.8 Å². The number of carboxylic acids is 1. The van der Waals surface area contributed by atoms with E-state index in [0.29, 0.717) is 0 Å². The van der Waals surface area contributed by atoms with Crippen LogP contribution in [0.5, 0.6) is 0 Å². The predicted molar refractivity (Wildman–Crippen MR) is 84.6 cm³/mol. The van der Waals surface area contributed by atoms with E-state index in [1.54, 1.807) is 11.9 Å². The number of unbranched alkanes of at least 4 members (excludes halogenated alkanes) is 1. The molecule has 1 aliphatic rings. The SMILES string of the molecule is CCCCOC1CC(N(C)C(=O)c2cc(C(=O)O)co2)C1(C)C. The van der Waals surface area contributed by atoms with Gasteiger partial charge in [-0.1, -0.05) is 27.2 Å².